The zero-order valence-corrected chi connectivity index (χ0v) is 11.3. The second-order valence-electron chi connectivity index (χ2n) is 3.52. The lowest BCUT2D eigenvalue weighted by Gasteiger charge is -2.02. The number of nitro groups is 1. The van der Waals surface area contributed by atoms with Crippen molar-refractivity contribution in [2.24, 2.45) is 0 Å². The zero-order chi connectivity index (χ0) is 14.7. The molecule has 1 N–H and O–H groups in total. The van der Waals surface area contributed by atoms with E-state index in [4.69, 9.17) is 16.7 Å². The van der Waals surface area contributed by atoms with Gasteiger partial charge in [-0.1, -0.05) is 11.6 Å². The monoisotopic (exact) mass is 311 g/mol. The first-order chi connectivity index (χ1) is 9.47. The van der Waals surface area contributed by atoms with Crippen LogP contribution in [0.25, 0.3) is 0 Å². The molecular weight excluding hydrogens is 306 g/mol. The van der Waals surface area contributed by atoms with E-state index >= 15 is 0 Å². The van der Waals surface area contributed by atoms with Gasteiger partial charge in [0, 0.05) is 18.5 Å². The summed E-state index contributed by atoms with van der Waals surface area (Å²) in [5.74, 6) is -1.10. The van der Waals surface area contributed by atoms with Gasteiger partial charge in [0.05, 0.1) is 15.5 Å². The predicted octanol–water partition coefficient (Wildman–Crippen LogP) is 2.89. The SMILES string of the molecule is O=C(O)c1ccnc(Sc2ncc(Cl)cc2[N+](=O)[O-])c1. The lowest BCUT2D eigenvalue weighted by atomic mass is 10.3. The molecule has 2 rings (SSSR count). The van der Waals surface area contributed by atoms with Gasteiger partial charge in [-0.2, -0.15) is 0 Å². The predicted molar refractivity (Wildman–Crippen MR) is 71.2 cm³/mol. The third kappa shape index (κ3) is 3.22. The van der Waals surface area contributed by atoms with Crippen LogP contribution < -0.4 is 0 Å². The van der Waals surface area contributed by atoms with Gasteiger partial charge in [0.15, 0.2) is 5.03 Å². The molecule has 0 fully saturated rings. The molecular formula is C11H6ClN3O4S. The van der Waals surface area contributed by atoms with Crippen molar-refractivity contribution in [3.63, 3.8) is 0 Å². The molecule has 0 aliphatic rings. The Labute approximate surface area is 121 Å². The van der Waals surface area contributed by atoms with Crippen molar-refractivity contribution in [2.45, 2.75) is 10.1 Å². The fourth-order valence-corrected chi connectivity index (χ4v) is 2.32. The van der Waals surface area contributed by atoms with E-state index in [2.05, 4.69) is 9.97 Å². The van der Waals surface area contributed by atoms with Crippen molar-refractivity contribution in [3.05, 3.63) is 51.3 Å². The summed E-state index contributed by atoms with van der Waals surface area (Å²) >= 11 is 6.56. The Kier molecular flexibility index (Phi) is 4.16. The maximum atomic E-state index is 10.9. The molecule has 0 aliphatic carbocycles. The third-order valence-corrected chi connectivity index (χ3v) is 3.33. The summed E-state index contributed by atoms with van der Waals surface area (Å²) in [7, 11) is 0. The number of hydrogen-bond acceptors (Lipinski definition) is 6. The van der Waals surface area contributed by atoms with Crippen LogP contribution in [-0.4, -0.2) is 26.0 Å². The van der Waals surface area contributed by atoms with Crippen molar-refractivity contribution < 1.29 is 14.8 Å². The summed E-state index contributed by atoms with van der Waals surface area (Å²) in [5.41, 5.74) is -0.218. The molecule has 2 aromatic heterocycles. The molecule has 0 spiro atoms. The lowest BCUT2D eigenvalue weighted by molar-refractivity contribution is -0.388. The molecule has 0 aliphatic heterocycles. The number of rotatable bonds is 4. The molecule has 0 atom stereocenters. The molecule has 0 aromatic carbocycles. The summed E-state index contributed by atoms with van der Waals surface area (Å²) < 4.78 is 0. The Balaban J connectivity index is 2.37. The van der Waals surface area contributed by atoms with E-state index < -0.39 is 10.9 Å². The number of nitrogens with zero attached hydrogens (tertiary/aromatic N) is 3. The van der Waals surface area contributed by atoms with Gasteiger partial charge in [0.25, 0.3) is 0 Å². The van der Waals surface area contributed by atoms with E-state index in [0.717, 1.165) is 11.8 Å². The highest BCUT2D eigenvalue weighted by molar-refractivity contribution is 7.99. The first-order valence-electron chi connectivity index (χ1n) is 5.14. The van der Waals surface area contributed by atoms with Gasteiger partial charge in [-0.05, 0) is 23.9 Å². The van der Waals surface area contributed by atoms with Crippen molar-refractivity contribution in [2.75, 3.05) is 0 Å². The van der Waals surface area contributed by atoms with Crippen LogP contribution in [0.5, 0.6) is 0 Å². The summed E-state index contributed by atoms with van der Waals surface area (Å²) in [6.45, 7) is 0. The second-order valence-corrected chi connectivity index (χ2v) is 4.97. The Morgan fingerprint density at radius 2 is 2.15 bits per heavy atom. The highest BCUT2D eigenvalue weighted by atomic mass is 35.5. The Bertz CT molecular complexity index is 695. The number of pyridine rings is 2. The number of aromatic nitrogens is 2. The summed E-state index contributed by atoms with van der Waals surface area (Å²) in [5, 5.41) is 20.3. The second kappa shape index (κ2) is 5.85. The molecule has 0 saturated carbocycles. The number of halogens is 1. The number of hydrogen-bond donors (Lipinski definition) is 1. The topological polar surface area (TPSA) is 106 Å². The fraction of sp³-hybridized carbons (Fsp3) is 0. The molecule has 2 heterocycles. The van der Waals surface area contributed by atoms with Gasteiger partial charge in [0.2, 0.25) is 0 Å². The number of carboxylic acids is 1. The molecule has 0 amide bonds. The third-order valence-electron chi connectivity index (χ3n) is 2.18. The minimum absolute atomic E-state index is 0.0408. The van der Waals surface area contributed by atoms with Crippen molar-refractivity contribution in [3.8, 4) is 0 Å². The van der Waals surface area contributed by atoms with E-state index in [0.29, 0.717) is 5.03 Å². The molecule has 0 radical (unpaired) electrons. The van der Waals surface area contributed by atoms with Crippen LogP contribution in [0.1, 0.15) is 10.4 Å². The number of aromatic carboxylic acids is 1. The molecule has 0 saturated heterocycles. The van der Waals surface area contributed by atoms with Gasteiger partial charge in [-0.25, -0.2) is 14.8 Å². The smallest absolute Gasteiger partial charge is 0.335 e. The Hall–Kier alpha value is -2.19. The van der Waals surface area contributed by atoms with Crippen LogP contribution in [0.3, 0.4) is 0 Å². The summed E-state index contributed by atoms with van der Waals surface area (Å²) in [4.78, 5) is 29.0. The summed E-state index contributed by atoms with van der Waals surface area (Å²) in [6.07, 6.45) is 2.59. The van der Waals surface area contributed by atoms with Gasteiger partial charge in [0.1, 0.15) is 5.03 Å². The average molecular weight is 312 g/mol. The van der Waals surface area contributed by atoms with Gasteiger partial charge in [-0.3, -0.25) is 10.1 Å². The van der Waals surface area contributed by atoms with Crippen LogP contribution in [0.2, 0.25) is 5.02 Å². The van der Waals surface area contributed by atoms with Crippen LogP contribution in [-0.2, 0) is 0 Å². The molecule has 20 heavy (non-hydrogen) atoms. The van der Waals surface area contributed by atoms with Crippen molar-refractivity contribution >= 4 is 35.0 Å². The van der Waals surface area contributed by atoms with Crippen LogP contribution >= 0.6 is 23.4 Å². The Morgan fingerprint density at radius 1 is 1.40 bits per heavy atom. The first kappa shape index (κ1) is 14.2. The highest BCUT2D eigenvalue weighted by Crippen LogP contribution is 2.33. The number of carboxylic acid groups (broad SMARTS) is 1. The first-order valence-corrected chi connectivity index (χ1v) is 6.34. The maximum Gasteiger partial charge on any atom is 0.335 e. The standard InChI is InChI=1S/C11H6ClN3O4S/c12-7-4-8(15(18)19)10(14-5-7)20-9-3-6(11(16)17)1-2-13-9/h1-5H,(H,16,17). The number of carbonyl (C=O) groups is 1. The molecule has 7 nitrogen and oxygen atoms in total. The molecule has 9 heteroatoms. The van der Waals surface area contributed by atoms with Crippen LogP contribution in [0, 0.1) is 10.1 Å². The van der Waals surface area contributed by atoms with E-state index in [9.17, 15) is 14.9 Å². The van der Waals surface area contributed by atoms with E-state index in [1.807, 2.05) is 0 Å². The molecule has 0 unspecified atom stereocenters. The minimum Gasteiger partial charge on any atom is -0.478 e. The van der Waals surface area contributed by atoms with Gasteiger partial charge >= 0.3 is 11.7 Å². The van der Waals surface area contributed by atoms with Crippen molar-refractivity contribution in [1.82, 2.24) is 9.97 Å². The lowest BCUT2D eigenvalue weighted by Crippen LogP contribution is -1.97. The minimum atomic E-state index is -1.10. The molecule has 0 bridgehead atoms. The average Bonchev–Trinajstić information content (AvgIpc) is 2.41. The summed E-state index contributed by atoms with van der Waals surface area (Å²) in [6, 6.07) is 3.82. The molecule has 2 aromatic rings. The maximum absolute atomic E-state index is 10.9. The zero-order valence-electron chi connectivity index (χ0n) is 9.69. The van der Waals surface area contributed by atoms with E-state index in [1.165, 1.54) is 30.6 Å². The van der Waals surface area contributed by atoms with Crippen molar-refractivity contribution in [1.29, 1.82) is 0 Å². The molecule has 102 valence electrons. The Morgan fingerprint density at radius 3 is 2.80 bits per heavy atom. The van der Waals surface area contributed by atoms with E-state index in [1.54, 1.807) is 0 Å². The highest BCUT2D eigenvalue weighted by Gasteiger charge is 2.18. The van der Waals surface area contributed by atoms with Gasteiger partial charge in [-0.15, -0.1) is 0 Å². The largest absolute Gasteiger partial charge is 0.478 e. The van der Waals surface area contributed by atoms with Crippen LogP contribution in [0.4, 0.5) is 5.69 Å². The van der Waals surface area contributed by atoms with Crippen LogP contribution in [0.15, 0.2) is 40.6 Å². The quantitative estimate of drug-likeness (QED) is 0.683. The normalized spacial score (nSPS) is 10.2. The van der Waals surface area contributed by atoms with Gasteiger partial charge < -0.3 is 5.11 Å². The van der Waals surface area contributed by atoms with E-state index in [-0.39, 0.29) is 21.3 Å². The fourth-order valence-electron chi connectivity index (χ4n) is 1.32.